The standard InChI is InChI=1S/C14H22N2O/c1-11(7-6-10-15)14(17)16-12(2)13-8-4-3-5-9-13/h3-5,8-9,11-12H,6-7,10,15H2,1-2H3,(H,16,17)/t11?,12-/m1/s1. The third-order valence-electron chi connectivity index (χ3n) is 2.95. The first-order valence-electron chi connectivity index (χ1n) is 6.20. The Morgan fingerprint density at radius 2 is 1.94 bits per heavy atom. The predicted molar refractivity (Wildman–Crippen MR) is 70.5 cm³/mol. The van der Waals surface area contributed by atoms with Gasteiger partial charge in [-0.1, -0.05) is 37.3 Å². The molecular formula is C14H22N2O. The molecule has 1 unspecified atom stereocenters. The van der Waals surface area contributed by atoms with Crippen molar-refractivity contribution in [1.82, 2.24) is 5.32 Å². The van der Waals surface area contributed by atoms with Gasteiger partial charge in [0.2, 0.25) is 5.91 Å². The molecule has 0 aromatic heterocycles. The number of carbonyl (C=O) groups is 1. The fourth-order valence-corrected chi connectivity index (χ4v) is 1.74. The van der Waals surface area contributed by atoms with Gasteiger partial charge >= 0.3 is 0 Å². The van der Waals surface area contributed by atoms with E-state index in [9.17, 15) is 4.79 Å². The molecule has 0 aliphatic rings. The number of nitrogens with two attached hydrogens (primary N) is 1. The maximum Gasteiger partial charge on any atom is 0.223 e. The number of rotatable bonds is 6. The van der Waals surface area contributed by atoms with Gasteiger partial charge in [0.15, 0.2) is 0 Å². The summed E-state index contributed by atoms with van der Waals surface area (Å²) < 4.78 is 0. The number of amides is 1. The van der Waals surface area contributed by atoms with Gasteiger partial charge in [-0.05, 0) is 31.9 Å². The lowest BCUT2D eigenvalue weighted by Gasteiger charge is -2.17. The maximum atomic E-state index is 11.9. The van der Waals surface area contributed by atoms with Crippen LogP contribution in [0.4, 0.5) is 0 Å². The summed E-state index contributed by atoms with van der Waals surface area (Å²) >= 11 is 0. The second kappa shape index (κ2) is 7.07. The molecule has 0 radical (unpaired) electrons. The highest BCUT2D eigenvalue weighted by Gasteiger charge is 2.15. The first kappa shape index (κ1) is 13.7. The third kappa shape index (κ3) is 4.57. The largest absolute Gasteiger partial charge is 0.349 e. The Hall–Kier alpha value is -1.35. The van der Waals surface area contributed by atoms with Crippen molar-refractivity contribution < 1.29 is 4.79 Å². The van der Waals surface area contributed by atoms with Gasteiger partial charge in [0.05, 0.1) is 6.04 Å². The highest BCUT2D eigenvalue weighted by atomic mass is 16.1. The minimum atomic E-state index is 0.0321. The van der Waals surface area contributed by atoms with Crippen molar-refractivity contribution in [3.63, 3.8) is 0 Å². The Bertz CT molecular complexity index is 337. The summed E-state index contributed by atoms with van der Waals surface area (Å²) in [5, 5.41) is 3.03. The van der Waals surface area contributed by atoms with Crippen LogP contribution in [0.3, 0.4) is 0 Å². The van der Waals surface area contributed by atoms with Crippen LogP contribution < -0.4 is 11.1 Å². The Morgan fingerprint density at radius 1 is 1.29 bits per heavy atom. The summed E-state index contributed by atoms with van der Waals surface area (Å²) in [7, 11) is 0. The van der Waals surface area contributed by atoms with Crippen LogP contribution in [0.15, 0.2) is 30.3 Å². The van der Waals surface area contributed by atoms with E-state index in [0.717, 1.165) is 18.4 Å². The maximum absolute atomic E-state index is 11.9. The van der Waals surface area contributed by atoms with E-state index in [1.54, 1.807) is 0 Å². The summed E-state index contributed by atoms with van der Waals surface area (Å²) in [5.41, 5.74) is 6.57. The average molecular weight is 234 g/mol. The van der Waals surface area contributed by atoms with Crippen molar-refractivity contribution in [2.75, 3.05) is 6.54 Å². The van der Waals surface area contributed by atoms with E-state index in [4.69, 9.17) is 5.73 Å². The Morgan fingerprint density at radius 3 is 2.53 bits per heavy atom. The van der Waals surface area contributed by atoms with Crippen molar-refractivity contribution in [2.24, 2.45) is 11.7 Å². The highest BCUT2D eigenvalue weighted by molar-refractivity contribution is 5.78. The molecule has 0 aliphatic carbocycles. The van der Waals surface area contributed by atoms with Gasteiger partial charge in [-0.25, -0.2) is 0 Å². The summed E-state index contributed by atoms with van der Waals surface area (Å²) in [6.07, 6.45) is 1.75. The molecule has 0 heterocycles. The number of hydrogen-bond acceptors (Lipinski definition) is 2. The molecule has 0 saturated heterocycles. The molecule has 94 valence electrons. The van der Waals surface area contributed by atoms with Crippen LogP contribution in [-0.4, -0.2) is 12.5 Å². The second-order valence-corrected chi connectivity index (χ2v) is 4.47. The van der Waals surface area contributed by atoms with Crippen LogP contribution in [0.1, 0.15) is 38.3 Å². The first-order valence-corrected chi connectivity index (χ1v) is 6.20. The zero-order chi connectivity index (χ0) is 12.7. The lowest BCUT2D eigenvalue weighted by molar-refractivity contribution is -0.125. The van der Waals surface area contributed by atoms with Crippen LogP contribution in [0.25, 0.3) is 0 Å². The fourth-order valence-electron chi connectivity index (χ4n) is 1.74. The molecule has 0 aliphatic heterocycles. The van der Waals surface area contributed by atoms with Gasteiger partial charge in [0.25, 0.3) is 0 Å². The Labute approximate surface area is 103 Å². The number of benzene rings is 1. The number of nitrogens with one attached hydrogen (secondary N) is 1. The number of hydrogen-bond donors (Lipinski definition) is 2. The van der Waals surface area contributed by atoms with E-state index in [1.807, 2.05) is 44.2 Å². The minimum Gasteiger partial charge on any atom is -0.349 e. The lowest BCUT2D eigenvalue weighted by atomic mass is 10.0. The van der Waals surface area contributed by atoms with E-state index >= 15 is 0 Å². The molecule has 3 N–H and O–H groups in total. The molecule has 0 saturated carbocycles. The highest BCUT2D eigenvalue weighted by Crippen LogP contribution is 2.13. The van der Waals surface area contributed by atoms with E-state index in [-0.39, 0.29) is 17.9 Å². The van der Waals surface area contributed by atoms with Gasteiger partial charge in [0, 0.05) is 5.92 Å². The molecule has 1 aromatic carbocycles. The zero-order valence-corrected chi connectivity index (χ0v) is 10.6. The van der Waals surface area contributed by atoms with E-state index in [2.05, 4.69) is 5.32 Å². The third-order valence-corrected chi connectivity index (χ3v) is 2.95. The fraction of sp³-hybridized carbons (Fsp3) is 0.500. The van der Waals surface area contributed by atoms with Crippen molar-refractivity contribution in [1.29, 1.82) is 0 Å². The van der Waals surface area contributed by atoms with E-state index in [1.165, 1.54) is 0 Å². The van der Waals surface area contributed by atoms with Gasteiger partial charge in [-0.3, -0.25) is 4.79 Å². The average Bonchev–Trinajstić information content (AvgIpc) is 2.36. The molecule has 1 amide bonds. The summed E-state index contributed by atoms with van der Waals surface area (Å²) in [6.45, 7) is 4.59. The Balaban J connectivity index is 2.46. The topological polar surface area (TPSA) is 55.1 Å². The SMILES string of the molecule is CC(CCCN)C(=O)N[C@H](C)c1ccccc1. The van der Waals surface area contributed by atoms with Gasteiger partial charge < -0.3 is 11.1 Å². The molecular weight excluding hydrogens is 212 g/mol. The zero-order valence-electron chi connectivity index (χ0n) is 10.6. The summed E-state index contributed by atoms with van der Waals surface area (Å²) in [4.78, 5) is 11.9. The number of carbonyl (C=O) groups excluding carboxylic acids is 1. The Kier molecular flexibility index (Phi) is 5.70. The van der Waals surface area contributed by atoms with Gasteiger partial charge in [0.1, 0.15) is 0 Å². The van der Waals surface area contributed by atoms with E-state index < -0.39 is 0 Å². The van der Waals surface area contributed by atoms with Crippen molar-refractivity contribution in [3.8, 4) is 0 Å². The summed E-state index contributed by atoms with van der Waals surface area (Å²) in [6, 6.07) is 10.0. The monoisotopic (exact) mass is 234 g/mol. The summed E-state index contributed by atoms with van der Waals surface area (Å²) in [5.74, 6) is 0.138. The van der Waals surface area contributed by atoms with Crippen molar-refractivity contribution >= 4 is 5.91 Å². The quantitative estimate of drug-likeness (QED) is 0.793. The second-order valence-electron chi connectivity index (χ2n) is 4.47. The van der Waals surface area contributed by atoms with E-state index in [0.29, 0.717) is 6.54 Å². The minimum absolute atomic E-state index is 0.0321. The molecule has 1 aromatic rings. The van der Waals surface area contributed by atoms with Crippen LogP contribution in [-0.2, 0) is 4.79 Å². The smallest absolute Gasteiger partial charge is 0.223 e. The molecule has 0 fully saturated rings. The van der Waals surface area contributed by atoms with Crippen LogP contribution in [0.2, 0.25) is 0 Å². The molecule has 3 heteroatoms. The van der Waals surface area contributed by atoms with Crippen molar-refractivity contribution in [2.45, 2.75) is 32.7 Å². The molecule has 0 spiro atoms. The molecule has 2 atom stereocenters. The first-order chi connectivity index (χ1) is 8.15. The molecule has 1 rings (SSSR count). The van der Waals surface area contributed by atoms with Gasteiger partial charge in [-0.2, -0.15) is 0 Å². The van der Waals surface area contributed by atoms with Gasteiger partial charge in [-0.15, -0.1) is 0 Å². The lowest BCUT2D eigenvalue weighted by Crippen LogP contribution is -2.31. The van der Waals surface area contributed by atoms with Crippen LogP contribution in [0.5, 0.6) is 0 Å². The normalized spacial score (nSPS) is 14.1. The molecule has 0 bridgehead atoms. The predicted octanol–water partition coefficient (Wildman–Crippen LogP) is 2.24. The van der Waals surface area contributed by atoms with Crippen LogP contribution in [0, 0.1) is 5.92 Å². The van der Waals surface area contributed by atoms with Crippen molar-refractivity contribution in [3.05, 3.63) is 35.9 Å². The van der Waals surface area contributed by atoms with Crippen LogP contribution >= 0.6 is 0 Å². The molecule has 3 nitrogen and oxygen atoms in total. The molecule has 17 heavy (non-hydrogen) atoms.